The fourth-order valence-electron chi connectivity index (χ4n) is 6.75. The van der Waals surface area contributed by atoms with Crippen molar-refractivity contribution < 1.29 is 38.8 Å². The van der Waals surface area contributed by atoms with Gasteiger partial charge in [0.05, 0.1) is 24.5 Å². The average Bonchev–Trinajstić information content (AvgIpc) is 3.20. The Bertz CT molecular complexity index is 1190. The van der Waals surface area contributed by atoms with Gasteiger partial charge in [-0.3, -0.25) is 9.59 Å². The molecule has 2 aliphatic carbocycles. The van der Waals surface area contributed by atoms with Crippen molar-refractivity contribution in [3.63, 3.8) is 0 Å². The van der Waals surface area contributed by atoms with E-state index in [-0.39, 0.29) is 38.3 Å². The molecule has 1 fully saturated rings. The number of likely N-dealkylation sites (N-methyl/N-ethyl adjacent to an activating group) is 1. The number of rotatable bonds is 8. The molecule has 10 nitrogen and oxygen atoms in total. The van der Waals surface area contributed by atoms with Crippen LogP contribution in [0.4, 0.5) is 0 Å². The molecule has 0 aromatic heterocycles. The number of piperidine rings is 1. The minimum absolute atomic E-state index is 0. The van der Waals surface area contributed by atoms with Crippen LogP contribution in [0, 0.1) is 5.92 Å². The Kier molecular flexibility index (Phi) is 7.50. The van der Waals surface area contributed by atoms with Crippen LogP contribution in [-0.4, -0.2) is 77.4 Å². The summed E-state index contributed by atoms with van der Waals surface area (Å²) in [7, 11) is 3.60. The predicted molar refractivity (Wildman–Crippen MR) is 142 cm³/mol. The van der Waals surface area contributed by atoms with Gasteiger partial charge < -0.3 is 34.6 Å². The number of nitrogens with zero attached hydrogens (tertiary/aromatic N) is 1. The highest BCUT2D eigenvalue weighted by atomic mass is 32.1. The van der Waals surface area contributed by atoms with Gasteiger partial charge in [-0.05, 0) is 50.1 Å². The van der Waals surface area contributed by atoms with Crippen molar-refractivity contribution in [1.29, 1.82) is 0 Å². The number of likely N-dealkylation sites (tertiary alicyclic amines) is 1. The second kappa shape index (κ2) is 10.1. The molecule has 2 bridgehead atoms. The maximum absolute atomic E-state index is 12.8. The number of esters is 1. The average molecular weight is 549 g/mol. The largest absolute Gasteiger partial charge is 0.493 e. The number of nitrogens with one attached hydrogen (secondary N) is 1. The Morgan fingerprint density at radius 2 is 2.00 bits per heavy atom. The molecule has 3 N–H and O–H groups in total. The van der Waals surface area contributed by atoms with Crippen molar-refractivity contribution in [2.24, 2.45) is 5.92 Å². The summed E-state index contributed by atoms with van der Waals surface area (Å²) < 4.78 is 17.8. The highest BCUT2D eigenvalue weighted by Gasteiger charge is 2.72. The number of hydrogen-bond acceptors (Lipinski definition) is 8. The monoisotopic (exact) mass is 548 g/mol. The molecule has 38 heavy (non-hydrogen) atoms. The number of methoxy groups -OCH3 is 1. The van der Waals surface area contributed by atoms with Gasteiger partial charge in [-0.2, -0.15) is 13.5 Å². The van der Waals surface area contributed by atoms with E-state index in [1.165, 1.54) is 0 Å². The Hall–Kier alpha value is -2.76. The molecule has 0 saturated carbocycles. The summed E-state index contributed by atoms with van der Waals surface area (Å²) in [6, 6.07) is 2.76. The summed E-state index contributed by atoms with van der Waals surface area (Å²) in [5.74, 6) is -1.09. The minimum atomic E-state index is -1.12. The van der Waals surface area contributed by atoms with Crippen molar-refractivity contribution in [2.45, 2.75) is 75.2 Å². The second-order valence-electron chi connectivity index (χ2n) is 10.9. The summed E-state index contributed by atoms with van der Waals surface area (Å²) in [6.45, 7) is 4.15. The van der Waals surface area contributed by atoms with Crippen molar-refractivity contribution >= 4 is 31.3 Å². The van der Waals surface area contributed by atoms with Gasteiger partial charge in [0, 0.05) is 24.4 Å². The zero-order valence-corrected chi connectivity index (χ0v) is 23.1. The molecular formula is C27H36N2O8S. The molecule has 0 radical (unpaired) electrons. The van der Waals surface area contributed by atoms with Gasteiger partial charge in [0.15, 0.2) is 17.6 Å². The van der Waals surface area contributed by atoms with E-state index < -0.39 is 41.0 Å². The van der Waals surface area contributed by atoms with Gasteiger partial charge in [0.2, 0.25) is 5.91 Å². The fourth-order valence-corrected chi connectivity index (χ4v) is 6.75. The maximum atomic E-state index is 12.8. The van der Waals surface area contributed by atoms with Crippen LogP contribution in [0.2, 0.25) is 0 Å². The number of hydrogen-bond donors (Lipinski definition) is 3. The standard InChI is InChI=1S/C27H34N2O8.H2S/c1-14(2)22(25(32)33)28-19(30)7-8-20(31)36-17-9-10-27(34)18-13-15-5-6-16(35-4)23-21(15)26(27,24(17)37-23)11-12-29(18)3;/h5-6,9,14,18,22,24,34H,7-8,10-13H2,1-4H3,(H,28,30)(H,32,33);1H2/t18-,22?,24+,26+,27-;/m1./s1. The van der Waals surface area contributed by atoms with E-state index in [1.807, 2.05) is 19.2 Å². The highest BCUT2D eigenvalue weighted by Crippen LogP contribution is 2.65. The molecule has 4 aliphatic rings. The SMILES string of the molecule is COc1ccc2c3c1O[C@H]1C(OC(=O)CCC(=O)NC(C(=O)O)C(C)C)=CC[C@@]4(O)[C@@H](C2)N(C)CC[C@]314.S. The number of ether oxygens (including phenoxy) is 3. The first kappa shape index (κ1) is 28.3. The highest BCUT2D eigenvalue weighted by molar-refractivity contribution is 7.59. The van der Waals surface area contributed by atoms with E-state index >= 15 is 0 Å². The lowest BCUT2D eigenvalue weighted by Crippen LogP contribution is -2.74. The van der Waals surface area contributed by atoms with Gasteiger partial charge in [-0.25, -0.2) is 4.79 Å². The number of aliphatic hydroxyl groups is 1. The lowest BCUT2D eigenvalue weighted by atomic mass is 9.50. The van der Waals surface area contributed by atoms with Crippen LogP contribution >= 0.6 is 13.5 Å². The normalized spacial score (nSPS) is 29.3. The first-order valence-electron chi connectivity index (χ1n) is 12.8. The van der Waals surface area contributed by atoms with Crippen molar-refractivity contribution in [3.05, 3.63) is 35.1 Å². The molecule has 1 aromatic rings. The first-order valence-corrected chi connectivity index (χ1v) is 12.8. The molecule has 208 valence electrons. The third kappa shape index (κ3) is 4.06. The van der Waals surface area contributed by atoms with Crippen LogP contribution in [0.5, 0.6) is 11.5 Å². The summed E-state index contributed by atoms with van der Waals surface area (Å²) in [6.07, 6.45) is 2.22. The van der Waals surface area contributed by atoms with Gasteiger partial charge in [-0.1, -0.05) is 19.9 Å². The van der Waals surface area contributed by atoms with E-state index in [2.05, 4.69) is 10.2 Å². The van der Waals surface area contributed by atoms with Gasteiger partial charge in [-0.15, -0.1) is 0 Å². The van der Waals surface area contributed by atoms with Crippen LogP contribution < -0.4 is 14.8 Å². The van der Waals surface area contributed by atoms with E-state index in [0.29, 0.717) is 36.5 Å². The lowest BCUT2D eigenvalue weighted by molar-refractivity contribution is -0.169. The molecule has 1 saturated heterocycles. The van der Waals surface area contributed by atoms with Crippen molar-refractivity contribution in [1.82, 2.24) is 10.2 Å². The summed E-state index contributed by atoms with van der Waals surface area (Å²) in [5, 5.41) is 23.9. The topological polar surface area (TPSA) is 135 Å². The van der Waals surface area contributed by atoms with Gasteiger partial charge in [0.1, 0.15) is 11.8 Å². The third-order valence-corrected chi connectivity index (χ3v) is 8.60. The Morgan fingerprint density at radius 3 is 2.66 bits per heavy atom. The molecule has 5 rings (SSSR count). The predicted octanol–water partition coefficient (Wildman–Crippen LogP) is 1.63. The van der Waals surface area contributed by atoms with Crippen LogP contribution in [0.3, 0.4) is 0 Å². The lowest BCUT2D eigenvalue weighted by Gasteiger charge is -2.61. The summed E-state index contributed by atoms with van der Waals surface area (Å²) in [5.41, 5.74) is 0.156. The molecule has 2 aliphatic heterocycles. The Morgan fingerprint density at radius 1 is 1.26 bits per heavy atom. The van der Waals surface area contributed by atoms with Crippen LogP contribution in [0.15, 0.2) is 24.0 Å². The fraction of sp³-hybridized carbons (Fsp3) is 0.593. The third-order valence-electron chi connectivity index (χ3n) is 8.60. The van der Waals surface area contributed by atoms with E-state index in [0.717, 1.165) is 17.7 Å². The number of aliphatic carboxylic acids is 1. The van der Waals surface area contributed by atoms with Crippen LogP contribution in [0.25, 0.3) is 0 Å². The minimum Gasteiger partial charge on any atom is -0.493 e. The van der Waals surface area contributed by atoms with E-state index in [4.69, 9.17) is 14.2 Å². The number of benzene rings is 1. The summed E-state index contributed by atoms with van der Waals surface area (Å²) >= 11 is 0. The van der Waals surface area contributed by atoms with Crippen molar-refractivity contribution in [3.8, 4) is 11.5 Å². The molecule has 1 unspecified atom stereocenters. The quantitative estimate of drug-likeness (QED) is 0.415. The number of carboxylic acids is 1. The zero-order valence-electron chi connectivity index (χ0n) is 22.1. The number of carbonyl (C=O) groups excluding carboxylic acids is 2. The number of amides is 1. The molecule has 1 aromatic carbocycles. The maximum Gasteiger partial charge on any atom is 0.326 e. The molecular weight excluding hydrogens is 512 g/mol. The molecule has 1 spiro atoms. The van der Waals surface area contributed by atoms with Gasteiger partial charge >= 0.3 is 11.9 Å². The smallest absolute Gasteiger partial charge is 0.326 e. The Labute approximate surface area is 228 Å². The molecule has 2 heterocycles. The van der Waals surface area contributed by atoms with Crippen molar-refractivity contribution in [2.75, 3.05) is 20.7 Å². The Balaban J connectivity index is 0.00000336. The number of carboxylic acid groups (broad SMARTS) is 1. The van der Waals surface area contributed by atoms with E-state index in [9.17, 15) is 24.6 Å². The van der Waals surface area contributed by atoms with Gasteiger partial charge in [0.25, 0.3) is 0 Å². The zero-order chi connectivity index (χ0) is 26.7. The first-order chi connectivity index (χ1) is 17.5. The van der Waals surface area contributed by atoms with E-state index in [1.54, 1.807) is 27.0 Å². The van der Waals surface area contributed by atoms with Crippen LogP contribution in [0.1, 0.15) is 50.7 Å². The second-order valence-corrected chi connectivity index (χ2v) is 10.9. The molecule has 11 heteroatoms. The van der Waals surface area contributed by atoms with Crippen LogP contribution in [-0.2, 0) is 31.0 Å². The molecule has 1 amide bonds. The molecule has 5 atom stereocenters. The number of carbonyl (C=O) groups is 3. The summed E-state index contributed by atoms with van der Waals surface area (Å²) in [4.78, 5) is 38.6.